The average Bonchev–Trinajstić information content (AvgIpc) is 2.26. The molecular weight excluding hydrogens is 256 g/mol. The van der Waals surface area contributed by atoms with Gasteiger partial charge >= 0.3 is 5.97 Å². The highest BCUT2D eigenvalue weighted by atomic mass is 35.5. The predicted molar refractivity (Wildman–Crippen MR) is 69.7 cm³/mol. The molecule has 4 N–H and O–H groups in total. The maximum atomic E-state index is 11.7. The maximum absolute atomic E-state index is 11.7. The zero-order valence-electron chi connectivity index (χ0n) is 9.78. The number of benzene rings is 1. The van der Waals surface area contributed by atoms with Gasteiger partial charge in [-0.2, -0.15) is 0 Å². The van der Waals surface area contributed by atoms with Gasteiger partial charge < -0.3 is 16.2 Å². The first-order valence-electron chi connectivity index (χ1n) is 5.55. The third-order valence-corrected chi connectivity index (χ3v) is 2.50. The second-order valence-corrected chi connectivity index (χ2v) is 4.32. The van der Waals surface area contributed by atoms with Gasteiger partial charge in [-0.3, -0.25) is 9.59 Å². The van der Waals surface area contributed by atoms with Crippen LogP contribution in [0.4, 0.5) is 5.69 Å². The Morgan fingerprint density at radius 2 is 2.00 bits per heavy atom. The van der Waals surface area contributed by atoms with E-state index < -0.39 is 5.97 Å². The number of carboxylic acids is 1. The summed E-state index contributed by atoms with van der Waals surface area (Å²) in [4.78, 5) is 22.0. The normalized spacial score (nSPS) is 10.1. The molecule has 6 heteroatoms. The number of hydrogen-bond acceptors (Lipinski definition) is 3. The van der Waals surface area contributed by atoms with Gasteiger partial charge in [-0.15, -0.1) is 0 Å². The van der Waals surface area contributed by atoms with Crippen molar-refractivity contribution in [3.8, 4) is 0 Å². The van der Waals surface area contributed by atoms with E-state index in [1.165, 1.54) is 6.07 Å². The van der Waals surface area contributed by atoms with E-state index in [0.29, 0.717) is 35.7 Å². The molecule has 0 fully saturated rings. The van der Waals surface area contributed by atoms with Gasteiger partial charge in [-0.25, -0.2) is 0 Å². The standard InChI is InChI=1S/C12H15ClN2O3/c13-9-5-8(6-10(14)7-9)12(18)15-4-2-1-3-11(16)17/h5-7H,1-4,14H2,(H,15,18)(H,16,17). The number of aliphatic carboxylic acids is 1. The van der Waals surface area contributed by atoms with Crippen LogP contribution in [0, 0.1) is 0 Å². The van der Waals surface area contributed by atoms with E-state index in [0.717, 1.165) is 0 Å². The van der Waals surface area contributed by atoms with Crippen molar-refractivity contribution in [1.82, 2.24) is 5.32 Å². The number of halogens is 1. The van der Waals surface area contributed by atoms with Gasteiger partial charge in [0.05, 0.1) is 0 Å². The summed E-state index contributed by atoms with van der Waals surface area (Å²) in [6.45, 7) is 0.429. The average molecular weight is 271 g/mol. The lowest BCUT2D eigenvalue weighted by Crippen LogP contribution is -2.24. The van der Waals surface area contributed by atoms with E-state index in [1.54, 1.807) is 12.1 Å². The summed E-state index contributed by atoms with van der Waals surface area (Å²) in [5, 5.41) is 11.5. The zero-order valence-corrected chi connectivity index (χ0v) is 10.5. The molecule has 0 saturated carbocycles. The third kappa shape index (κ3) is 5.05. The minimum atomic E-state index is -0.830. The lowest BCUT2D eigenvalue weighted by atomic mass is 10.2. The Bertz CT molecular complexity index is 429. The van der Waals surface area contributed by atoms with Crippen molar-refractivity contribution in [3.63, 3.8) is 0 Å². The van der Waals surface area contributed by atoms with Gasteiger partial charge in [-0.05, 0) is 31.0 Å². The van der Waals surface area contributed by atoms with Crippen LogP contribution in [0.5, 0.6) is 0 Å². The lowest BCUT2D eigenvalue weighted by Gasteiger charge is -2.06. The first-order valence-corrected chi connectivity index (χ1v) is 5.93. The summed E-state index contributed by atoms with van der Waals surface area (Å²) in [6, 6.07) is 4.63. The van der Waals surface area contributed by atoms with Crippen molar-refractivity contribution >= 4 is 29.2 Å². The molecule has 0 saturated heterocycles. The van der Waals surface area contributed by atoms with Crippen LogP contribution in [0.2, 0.25) is 5.02 Å². The predicted octanol–water partition coefficient (Wildman–Crippen LogP) is 1.91. The number of carboxylic acid groups (broad SMARTS) is 1. The SMILES string of the molecule is Nc1cc(Cl)cc(C(=O)NCCCCC(=O)O)c1. The quantitative estimate of drug-likeness (QED) is 0.544. The number of unbranched alkanes of at least 4 members (excludes halogenated alkanes) is 1. The molecule has 0 aliphatic carbocycles. The largest absolute Gasteiger partial charge is 0.481 e. The number of rotatable bonds is 6. The molecule has 0 unspecified atom stereocenters. The minimum absolute atomic E-state index is 0.111. The van der Waals surface area contributed by atoms with E-state index >= 15 is 0 Å². The number of anilines is 1. The Kier molecular flexibility index (Phi) is 5.45. The molecule has 0 bridgehead atoms. The Hall–Kier alpha value is -1.75. The number of nitrogen functional groups attached to an aromatic ring is 1. The molecule has 0 atom stereocenters. The second-order valence-electron chi connectivity index (χ2n) is 3.88. The summed E-state index contributed by atoms with van der Waals surface area (Å²) in [5.74, 6) is -1.09. The molecule has 0 aromatic heterocycles. The van der Waals surface area contributed by atoms with Crippen molar-refractivity contribution in [2.75, 3.05) is 12.3 Å². The van der Waals surface area contributed by atoms with Gasteiger partial charge in [0.1, 0.15) is 0 Å². The number of nitrogens with one attached hydrogen (secondary N) is 1. The number of hydrogen-bond donors (Lipinski definition) is 3. The third-order valence-electron chi connectivity index (χ3n) is 2.29. The van der Waals surface area contributed by atoms with Gasteiger partial charge in [-0.1, -0.05) is 11.6 Å². The first-order chi connectivity index (χ1) is 8.49. The molecule has 0 heterocycles. The van der Waals surface area contributed by atoms with E-state index in [9.17, 15) is 9.59 Å². The van der Waals surface area contributed by atoms with Crippen LogP contribution < -0.4 is 11.1 Å². The molecule has 0 spiro atoms. The van der Waals surface area contributed by atoms with E-state index in [-0.39, 0.29) is 12.3 Å². The van der Waals surface area contributed by atoms with Crippen LogP contribution in [0.3, 0.4) is 0 Å². The monoisotopic (exact) mass is 270 g/mol. The van der Waals surface area contributed by atoms with Crippen molar-refractivity contribution in [2.45, 2.75) is 19.3 Å². The molecule has 1 rings (SSSR count). The summed E-state index contributed by atoms with van der Waals surface area (Å²) in [5.41, 5.74) is 6.41. The van der Waals surface area contributed by atoms with E-state index in [2.05, 4.69) is 5.32 Å². The highest BCUT2D eigenvalue weighted by Gasteiger charge is 2.06. The molecule has 0 aliphatic rings. The van der Waals surface area contributed by atoms with Gasteiger partial charge in [0.25, 0.3) is 5.91 Å². The summed E-state index contributed by atoms with van der Waals surface area (Å²) >= 11 is 5.79. The number of amides is 1. The van der Waals surface area contributed by atoms with Crippen LogP contribution >= 0.6 is 11.6 Å². The maximum Gasteiger partial charge on any atom is 0.303 e. The van der Waals surface area contributed by atoms with Crippen LogP contribution in [0.15, 0.2) is 18.2 Å². The van der Waals surface area contributed by atoms with Crippen molar-refractivity contribution in [2.24, 2.45) is 0 Å². The molecule has 18 heavy (non-hydrogen) atoms. The molecule has 1 aromatic carbocycles. The molecule has 1 amide bonds. The van der Waals surface area contributed by atoms with Gasteiger partial charge in [0.2, 0.25) is 0 Å². The molecular formula is C12H15ClN2O3. The summed E-state index contributed by atoms with van der Waals surface area (Å²) in [7, 11) is 0. The Balaban J connectivity index is 2.38. The second kappa shape index (κ2) is 6.86. The fourth-order valence-corrected chi connectivity index (χ4v) is 1.69. The molecule has 98 valence electrons. The molecule has 0 radical (unpaired) electrons. The van der Waals surface area contributed by atoms with Crippen molar-refractivity contribution in [1.29, 1.82) is 0 Å². The molecule has 0 aliphatic heterocycles. The van der Waals surface area contributed by atoms with E-state index in [4.69, 9.17) is 22.4 Å². The smallest absolute Gasteiger partial charge is 0.303 e. The highest BCUT2D eigenvalue weighted by molar-refractivity contribution is 6.31. The fourth-order valence-electron chi connectivity index (χ4n) is 1.45. The lowest BCUT2D eigenvalue weighted by molar-refractivity contribution is -0.137. The van der Waals surface area contributed by atoms with Crippen molar-refractivity contribution < 1.29 is 14.7 Å². The summed E-state index contributed by atoms with van der Waals surface area (Å²) < 4.78 is 0. The minimum Gasteiger partial charge on any atom is -0.481 e. The Morgan fingerprint density at radius 3 is 2.61 bits per heavy atom. The Labute approximate surface area is 110 Å². The van der Waals surface area contributed by atoms with Gasteiger partial charge in [0.15, 0.2) is 0 Å². The van der Waals surface area contributed by atoms with E-state index in [1.807, 2.05) is 0 Å². The number of carbonyl (C=O) groups is 2. The van der Waals surface area contributed by atoms with Gasteiger partial charge in [0, 0.05) is 29.2 Å². The number of nitrogens with two attached hydrogens (primary N) is 1. The Morgan fingerprint density at radius 1 is 1.28 bits per heavy atom. The van der Waals surface area contributed by atoms with Crippen LogP contribution in [-0.2, 0) is 4.79 Å². The van der Waals surface area contributed by atoms with Crippen LogP contribution in [0.1, 0.15) is 29.6 Å². The highest BCUT2D eigenvalue weighted by Crippen LogP contribution is 2.16. The van der Waals surface area contributed by atoms with Crippen LogP contribution in [0.25, 0.3) is 0 Å². The number of carbonyl (C=O) groups excluding carboxylic acids is 1. The zero-order chi connectivity index (χ0) is 13.5. The molecule has 5 nitrogen and oxygen atoms in total. The molecule has 1 aromatic rings. The van der Waals surface area contributed by atoms with Crippen molar-refractivity contribution in [3.05, 3.63) is 28.8 Å². The first kappa shape index (κ1) is 14.3. The van der Waals surface area contributed by atoms with Crippen LogP contribution in [-0.4, -0.2) is 23.5 Å². The fraction of sp³-hybridized carbons (Fsp3) is 0.333. The summed E-state index contributed by atoms with van der Waals surface area (Å²) in [6.07, 6.45) is 1.27. The topological polar surface area (TPSA) is 92.4 Å².